The maximum absolute atomic E-state index is 12.4. The van der Waals surface area contributed by atoms with Crippen molar-refractivity contribution in [1.82, 2.24) is 10.2 Å². The van der Waals surface area contributed by atoms with Gasteiger partial charge in [0.2, 0.25) is 5.91 Å². The highest BCUT2D eigenvalue weighted by atomic mass is 35.5. The fourth-order valence-corrected chi connectivity index (χ4v) is 3.01. The van der Waals surface area contributed by atoms with Gasteiger partial charge in [-0.25, -0.2) is 0 Å². The molecule has 21 heavy (non-hydrogen) atoms. The minimum Gasteiger partial charge on any atom is -0.341 e. The fraction of sp³-hybridized carbons (Fsp3) is 0.562. The number of carbonyl (C=O) groups is 1. The van der Waals surface area contributed by atoms with E-state index in [0.717, 1.165) is 31.6 Å². The molecule has 0 aromatic heterocycles. The van der Waals surface area contributed by atoms with Crippen LogP contribution in [0.5, 0.6) is 0 Å². The summed E-state index contributed by atoms with van der Waals surface area (Å²) in [4.78, 5) is 14.4. The second kappa shape index (κ2) is 8.02. The van der Waals surface area contributed by atoms with Crippen LogP contribution in [0.4, 0.5) is 0 Å². The number of nitrogens with zero attached hydrogens (tertiary/aromatic N) is 1. The van der Waals surface area contributed by atoms with Crippen molar-refractivity contribution in [1.29, 1.82) is 0 Å². The van der Waals surface area contributed by atoms with Gasteiger partial charge in [0.25, 0.3) is 0 Å². The lowest BCUT2D eigenvalue weighted by Crippen LogP contribution is -2.46. The van der Waals surface area contributed by atoms with Crippen LogP contribution in [0.2, 0.25) is 10.0 Å². The Morgan fingerprint density at radius 3 is 2.76 bits per heavy atom. The van der Waals surface area contributed by atoms with Crippen LogP contribution in [0.3, 0.4) is 0 Å². The van der Waals surface area contributed by atoms with Crippen molar-refractivity contribution >= 4 is 29.1 Å². The zero-order valence-corrected chi connectivity index (χ0v) is 13.9. The summed E-state index contributed by atoms with van der Waals surface area (Å²) in [7, 11) is 0. The Morgan fingerprint density at radius 2 is 2.14 bits per heavy atom. The molecule has 1 aromatic carbocycles. The zero-order chi connectivity index (χ0) is 15.2. The van der Waals surface area contributed by atoms with Gasteiger partial charge in [-0.1, -0.05) is 35.7 Å². The van der Waals surface area contributed by atoms with Crippen molar-refractivity contribution in [3.8, 4) is 0 Å². The molecule has 5 heteroatoms. The van der Waals surface area contributed by atoms with E-state index in [2.05, 4.69) is 5.32 Å². The Morgan fingerprint density at radius 1 is 1.33 bits per heavy atom. The minimum atomic E-state index is 0.142. The predicted octanol–water partition coefficient (Wildman–Crippen LogP) is 3.53. The minimum absolute atomic E-state index is 0.142. The van der Waals surface area contributed by atoms with Crippen molar-refractivity contribution < 1.29 is 4.79 Å². The molecule has 1 heterocycles. The van der Waals surface area contributed by atoms with Crippen LogP contribution in [0.25, 0.3) is 0 Å². The van der Waals surface area contributed by atoms with Crippen LogP contribution in [-0.4, -0.2) is 36.5 Å². The second-order valence-corrected chi connectivity index (χ2v) is 6.32. The van der Waals surface area contributed by atoms with E-state index in [1.165, 1.54) is 12.8 Å². The average Bonchev–Trinajstić information content (AvgIpc) is 2.49. The normalized spacial score (nSPS) is 18.5. The lowest BCUT2D eigenvalue weighted by Gasteiger charge is -2.30. The Labute approximate surface area is 136 Å². The molecule has 0 bridgehead atoms. The molecule has 1 aromatic rings. The first-order chi connectivity index (χ1) is 10.1. The predicted molar refractivity (Wildman–Crippen MR) is 88.1 cm³/mol. The maximum atomic E-state index is 12.4. The summed E-state index contributed by atoms with van der Waals surface area (Å²) in [5.41, 5.74) is 0.907. The molecule has 0 aliphatic carbocycles. The van der Waals surface area contributed by atoms with Gasteiger partial charge in [0.15, 0.2) is 0 Å². The Bertz CT molecular complexity index is 487. The van der Waals surface area contributed by atoms with Crippen LogP contribution < -0.4 is 5.32 Å². The van der Waals surface area contributed by atoms with Crippen molar-refractivity contribution in [2.24, 2.45) is 0 Å². The lowest BCUT2D eigenvalue weighted by molar-refractivity contribution is -0.130. The SMILES string of the molecule is CCN(CC1CCCCN1)C(=O)Cc1ccc(Cl)c(Cl)c1. The number of amides is 1. The van der Waals surface area contributed by atoms with Crippen molar-refractivity contribution in [3.63, 3.8) is 0 Å². The van der Waals surface area contributed by atoms with E-state index in [-0.39, 0.29) is 5.91 Å². The van der Waals surface area contributed by atoms with E-state index < -0.39 is 0 Å². The third-order valence-corrected chi connectivity index (χ3v) is 4.67. The summed E-state index contributed by atoms with van der Waals surface area (Å²) in [6.07, 6.45) is 4.00. The molecule has 0 spiro atoms. The molecule has 0 radical (unpaired) electrons. The van der Waals surface area contributed by atoms with E-state index in [1.807, 2.05) is 17.9 Å². The zero-order valence-electron chi connectivity index (χ0n) is 12.4. The van der Waals surface area contributed by atoms with Crippen LogP contribution in [-0.2, 0) is 11.2 Å². The molecule has 1 fully saturated rings. The fourth-order valence-electron chi connectivity index (χ4n) is 2.69. The standard InChI is InChI=1S/C16H22Cl2N2O/c1-2-20(11-13-5-3-4-8-19-13)16(21)10-12-6-7-14(17)15(18)9-12/h6-7,9,13,19H,2-5,8,10-11H2,1H3. The first-order valence-electron chi connectivity index (χ1n) is 7.55. The molecule has 1 aliphatic rings. The number of carbonyl (C=O) groups excluding carboxylic acids is 1. The highest BCUT2D eigenvalue weighted by Crippen LogP contribution is 2.23. The molecule has 1 saturated heterocycles. The molecule has 1 atom stereocenters. The first-order valence-corrected chi connectivity index (χ1v) is 8.31. The molecular formula is C16H22Cl2N2O. The molecule has 116 valence electrons. The summed E-state index contributed by atoms with van der Waals surface area (Å²) in [6.45, 7) is 4.60. The van der Waals surface area contributed by atoms with Crippen LogP contribution in [0.1, 0.15) is 31.7 Å². The van der Waals surface area contributed by atoms with Crippen LogP contribution in [0, 0.1) is 0 Å². The second-order valence-electron chi connectivity index (χ2n) is 5.50. The number of rotatable bonds is 5. The molecule has 0 saturated carbocycles. The van der Waals surface area contributed by atoms with E-state index in [9.17, 15) is 4.79 Å². The van der Waals surface area contributed by atoms with Gasteiger partial charge in [-0.05, 0) is 44.0 Å². The van der Waals surface area contributed by atoms with E-state index in [1.54, 1.807) is 12.1 Å². The number of piperidine rings is 1. The van der Waals surface area contributed by atoms with Crippen molar-refractivity contribution in [2.45, 2.75) is 38.6 Å². The van der Waals surface area contributed by atoms with E-state index in [0.29, 0.717) is 22.5 Å². The molecule has 1 unspecified atom stereocenters. The smallest absolute Gasteiger partial charge is 0.227 e. The molecule has 3 nitrogen and oxygen atoms in total. The van der Waals surface area contributed by atoms with Gasteiger partial charge in [0.1, 0.15) is 0 Å². The number of halogens is 2. The molecule has 1 amide bonds. The number of nitrogens with one attached hydrogen (secondary N) is 1. The van der Waals surface area contributed by atoms with Gasteiger partial charge >= 0.3 is 0 Å². The molecule has 2 rings (SSSR count). The Hall–Kier alpha value is -0.770. The largest absolute Gasteiger partial charge is 0.341 e. The van der Waals surface area contributed by atoms with Crippen molar-refractivity contribution in [3.05, 3.63) is 33.8 Å². The lowest BCUT2D eigenvalue weighted by atomic mass is 10.0. The topological polar surface area (TPSA) is 32.3 Å². The van der Waals surface area contributed by atoms with Gasteiger partial charge in [-0.3, -0.25) is 4.79 Å². The third kappa shape index (κ3) is 4.87. The summed E-state index contributed by atoms with van der Waals surface area (Å²) < 4.78 is 0. The van der Waals surface area contributed by atoms with Crippen LogP contribution >= 0.6 is 23.2 Å². The van der Waals surface area contributed by atoms with Crippen molar-refractivity contribution in [2.75, 3.05) is 19.6 Å². The average molecular weight is 329 g/mol. The van der Waals surface area contributed by atoms with Crippen LogP contribution in [0.15, 0.2) is 18.2 Å². The summed E-state index contributed by atoms with van der Waals surface area (Å²) in [5.74, 6) is 0.142. The van der Waals surface area contributed by atoms with Gasteiger partial charge in [-0.15, -0.1) is 0 Å². The third-order valence-electron chi connectivity index (χ3n) is 3.93. The summed E-state index contributed by atoms with van der Waals surface area (Å²) in [5, 5.41) is 4.51. The maximum Gasteiger partial charge on any atom is 0.227 e. The van der Waals surface area contributed by atoms with Gasteiger partial charge in [0, 0.05) is 19.1 Å². The Balaban J connectivity index is 1.94. The molecule has 1 aliphatic heterocycles. The molecular weight excluding hydrogens is 307 g/mol. The highest BCUT2D eigenvalue weighted by molar-refractivity contribution is 6.42. The quantitative estimate of drug-likeness (QED) is 0.896. The summed E-state index contributed by atoms with van der Waals surface area (Å²) >= 11 is 11.9. The number of benzene rings is 1. The summed E-state index contributed by atoms with van der Waals surface area (Å²) in [6, 6.07) is 5.80. The first kappa shape index (κ1) is 16.6. The van der Waals surface area contributed by atoms with Gasteiger partial charge < -0.3 is 10.2 Å². The van der Waals surface area contributed by atoms with Gasteiger partial charge in [-0.2, -0.15) is 0 Å². The van der Waals surface area contributed by atoms with Gasteiger partial charge in [0.05, 0.1) is 16.5 Å². The number of likely N-dealkylation sites (N-methyl/N-ethyl adjacent to an activating group) is 1. The van der Waals surface area contributed by atoms with E-state index in [4.69, 9.17) is 23.2 Å². The highest BCUT2D eigenvalue weighted by Gasteiger charge is 2.19. The monoisotopic (exact) mass is 328 g/mol. The number of hydrogen-bond acceptors (Lipinski definition) is 2. The van der Waals surface area contributed by atoms with E-state index >= 15 is 0 Å². The Kier molecular flexibility index (Phi) is 6.34. The number of hydrogen-bond donors (Lipinski definition) is 1. The molecule has 1 N–H and O–H groups in total.